The van der Waals surface area contributed by atoms with Gasteiger partial charge in [0.1, 0.15) is 5.75 Å². The predicted octanol–water partition coefficient (Wildman–Crippen LogP) is 4.50. The van der Waals surface area contributed by atoms with Crippen LogP contribution in [0.4, 0.5) is 5.69 Å². The summed E-state index contributed by atoms with van der Waals surface area (Å²) in [4.78, 5) is 0. The Kier molecular flexibility index (Phi) is 4.06. The van der Waals surface area contributed by atoms with E-state index in [0.29, 0.717) is 0 Å². The van der Waals surface area contributed by atoms with Gasteiger partial charge in [-0.1, -0.05) is 48.5 Å². The summed E-state index contributed by atoms with van der Waals surface area (Å²) in [6.07, 6.45) is 0.993. The fourth-order valence-corrected chi connectivity index (χ4v) is 2.51. The van der Waals surface area contributed by atoms with Gasteiger partial charge in [-0.15, -0.1) is 0 Å². The number of fused-ring (bicyclic) bond motifs is 1. The van der Waals surface area contributed by atoms with Crippen molar-refractivity contribution in [1.82, 2.24) is 0 Å². The zero-order valence-electron chi connectivity index (χ0n) is 12.2. The maximum atomic E-state index is 5.18. The van der Waals surface area contributed by atoms with Crippen LogP contribution in [0.25, 0.3) is 10.8 Å². The molecule has 2 heteroatoms. The summed E-state index contributed by atoms with van der Waals surface area (Å²) in [5.41, 5.74) is 2.50. The van der Waals surface area contributed by atoms with E-state index in [-0.39, 0.29) is 0 Å². The molecular weight excluding hydrogens is 258 g/mol. The number of methoxy groups -OCH3 is 1. The summed E-state index contributed by atoms with van der Waals surface area (Å²) in [5, 5.41) is 6.08. The van der Waals surface area contributed by atoms with Gasteiger partial charge in [0.25, 0.3) is 0 Å². The Morgan fingerprint density at radius 2 is 1.62 bits per heavy atom. The second kappa shape index (κ2) is 6.31. The molecule has 3 rings (SSSR count). The quantitative estimate of drug-likeness (QED) is 0.741. The molecule has 0 saturated heterocycles. The van der Waals surface area contributed by atoms with Crippen molar-refractivity contribution in [2.24, 2.45) is 0 Å². The van der Waals surface area contributed by atoms with Gasteiger partial charge in [0.2, 0.25) is 0 Å². The first-order valence-corrected chi connectivity index (χ1v) is 7.21. The Morgan fingerprint density at radius 3 is 2.43 bits per heavy atom. The topological polar surface area (TPSA) is 21.3 Å². The molecule has 2 nitrogen and oxygen atoms in total. The molecule has 21 heavy (non-hydrogen) atoms. The first kappa shape index (κ1) is 13.5. The van der Waals surface area contributed by atoms with Crippen molar-refractivity contribution in [3.05, 3.63) is 72.3 Å². The molecule has 3 aromatic carbocycles. The maximum absolute atomic E-state index is 5.18. The third kappa shape index (κ3) is 3.16. The molecule has 1 N–H and O–H groups in total. The SMILES string of the molecule is COc1ccc(CCNc2cccc3ccccc23)cc1. The van der Waals surface area contributed by atoms with Crippen LogP contribution in [-0.4, -0.2) is 13.7 Å². The lowest BCUT2D eigenvalue weighted by Crippen LogP contribution is -2.05. The summed E-state index contributed by atoms with van der Waals surface area (Å²) in [7, 11) is 1.69. The average Bonchev–Trinajstić information content (AvgIpc) is 2.56. The third-order valence-electron chi connectivity index (χ3n) is 3.68. The highest BCUT2D eigenvalue weighted by Crippen LogP contribution is 2.22. The molecule has 0 aromatic heterocycles. The molecule has 0 saturated carbocycles. The molecule has 0 heterocycles. The van der Waals surface area contributed by atoms with Crippen LogP contribution in [0, 0.1) is 0 Å². The van der Waals surface area contributed by atoms with E-state index in [4.69, 9.17) is 4.74 Å². The standard InChI is InChI=1S/C19H19NO/c1-21-17-11-9-15(10-12-17)13-14-20-19-8-4-6-16-5-2-3-7-18(16)19/h2-12,20H,13-14H2,1H3. The van der Waals surface area contributed by atoms with Gasteiger partial charge in [-0.25, -0.2) is 0 Å². The highest BCUT2D eigenvalue weighted by Gasteiger charge is 2.00. The smallest absolute Gasteiger partial charge is 0.118 e. The van der Waals surface area contributed by atoms with Gasteiger partial charge in [0, 0.05) is 17.6 Å². The number of ether oxygens (including phenoxy) is 1. The zero-order valence-corrected chi connectivity index (χ0v) is 12.2. The van der Waals surface area contributed by atoms with Crippen LogP contribution in [0.5, 0.6) is 5.75 Å². The lowest BCUT2D eigenvalue weighted by molar-refractivity contribution is 0.414. The van der Waals surface area contributed by atoms with Crippen LogP contribution in [0.1, 0.15) is 5.56 Å². The lowest BCUT2D eigenvalue weighted by Gasteiger charge is -2.10. The van der Waals surface area contributed by atoms with E-state index in [1.54, 1.807) is 7.11 Å². The minimum Gasteiger partial charge on any atom is -0.497 e. The normalized spacial score (nSPS) is 10.5. The molecule has 0 aliphatic heterocycles. The fraction of sp³-hybridized carbons (Fsp3) is 0.158. The first-order valence-electron chi connectivity index (χ1n) is 7.21. The molecular formula is C19H19NO. The second-order valence-electron chi connectivity index (χ2n) is 5.05. The van der Waals surface area contributed by atoms with Crippen LogP contribution < -0.4 is 10.1 Å². The zero-order chi connectivity index (χ0) is 14.5. The van der Waals surface area contributed by atoms with Crippen molar-refractivity contribution in [3.8, 4) is 5.75 Å². The van der Waals surface area contributed by atoms with Crippen molar-refractivity contribution in [3.63, 3.8) is 0 Å². The number of anilines is 1. The Labute approximate surface area is 125 Å². The highest BCUT2D eigenvalue weighted by atomic mass is 16.5. The van der Waals surface area contributed by atoms with Crippen molar-refractivity contribution in [2.45, 2.75) is 6.42 Å². The molecule has 106 valence electrons. The Bertz CT molecular complexity index is 714. The van der Waals surface area contributed by atoms with Crippen LogP contribution in [0.2, 0.25) is 0 Å². The fourth-order valence-electron chi connectivity index (χ4n) is 2.51. The van der Waals surface area contributed by atoms with Crippen molar-refractivity contribution >= 4 is 16.5 Å². The van der Waals surface area contributed by atoms with Gasteiger partial charge < -0.3 is 10.1 Å². The van der Waals surface area contributed by atoms with Gasteiger partial charge in [-0.2, -0.15) is 0 Å². The highest BCUT2D eigenvalue weighted by molar-refractivity contribution is 5.93. The Balaban J connectivity index is 1.66. The minimum absolute atomic E-state index is 0.903. The molecule has 0 radical (unpaired) electrons. The number of rotatable bonds is 5. The van der Waals surface area contributed by atoms with E-state index < -0.39 is 0 Å². The van der Waals surface area contributed by atoms with Crippen LogP contribution >= 0.6 is 0 Å². The second-order valence-corrected chi connectivity index (χ2v) is 5.05. The predicted molar refractivity (Wildman–Crippen MR) is 89.1 cm³/mol. The number of hydrogen-bond acceptors (Lipinski definition) is 2. The number of benzene rings is 3. The molecule has 0 bridgehead atoms. The van der Waals surface area contributed by atoms with E-state index in [0.717, 1.165) is 18.7 Å². The maximum Gasteiger partial charge on any atom is 0.118 e. The lowest BCUT2D eigenvalue weighted by atomic mass is 10.1. The molecule has 0 unspecified atom stereocenters. The Morgan fingerprint density at radius 1 is 0.857 bits per heavy atom. The van der Waals surface area contributed by atoms with Gasteiger partial charge in [-0.05, 0) is 35.6 Å². The number of nitrogens with one attached hydrogen (secondary N) is 1. The summed E-state index contributed by atoms with van der Waals surface area (Å²) < 4.78 is 5.18. The van der Waals surface area contributed by atoms with Gasteiger partial charge >= 0.3 is 0 Å². The van der Waals surface area contributed by atoms with Crippen LogP contribution in [0.15, 0.2) is 66.7 Å². The molecule has 0 spiro atoms. The van der Waals surface area contributed by atoms with E-state index in [1.165, 1.54) is 22.0 Å². The minimum atomic E-state index is 0.903. The van der Waals surface area contributed by atoms with Crippen LogP contribution in [0.3, 0.4) is 0 Å². The molecule has 0 atom stereocenters. The molecule has 0 aliphatic carbocycles. The average molecular weight is 277 g/mol. The molecule has 0 fully saturated rings. The van der Waals surface area contributed by atoms with Crippen molar-refractivity contribution in [1.29, 1.82) is 0 Å². The van der Waals surface area contributed by atoms with Gasteiger partial charge in [0.05, 0.1) is 7.11 Å². The van der Waals surface area contributed by atoms with E-state index in [1.807, 2.05) is 12.1 Å². The van der Waals surface area contributed by atoms with E-state index in [9.17, 15) is 0 Å². The van der Waals surface area contributed by atoms with Crippen LogP contribution in [-0.2, 0) is 6.42 Å². The monoisotopic (exact) mass is 277 g/mol. The van der Waals surface area contributed by atoms with Crippen molar-refractivity contribution < 1.29 is 4.74 Å². The largest absolute Gasteiger partial charge is 0.497 e. The molecule has 0 aliphatic rings. The van der Waals surface area contributed by atoms with Gasteiger partial charge in [-0.3, -0.25) is 0 Å². The third-order valence-corrected chi connectivity index (χ3v) is 3.68. The number of hydrogen-bond donors (Lipinski definition) is 1. The summed E-state index contributed by atoms with van der Waals surface area (Å²) in [5.74, 6) is 0.903. The summed E-state index contributed by atoms with van der Waals surface area (Å²) in [6, 6.07) is 23.1. The molecule has 3 aromatic rings. The first-order chi connectivity index (χ1) is 10.4. The van der Waals surface area contributed by atoms with E-state index in [2.05, 4.69) is 59.9 Å². The van der Waals surface area contributed by atoms with Gasteiger partial charge in [0.15, 0.2) is 0 Å². The molecule has 0 amide bonds. The summed E-state index contributed by atoms with van der Waals surface area (Å²) >= 11 is 0. The van der Waals surface area contributed by atoms with E-state index >= 15 is 0 Å². The van der Waals surface area contributed by atoms with Crippen molar-refractivity contribution in [2.75, 3.05) is 19.0 Å². The Hall–Kier alpha value is -2.48. The summed E-state index contributed by atoms with van der Waals surface area (Å²) in [6.45, 7) is 0.917.